The molecule has 1 amide bonds. The van der Waals surface area contributed by atoms with Gasteiger partial charge in [0.25, 0.3) is 5.91 Å². The summed E-state index contributed by atoms with van der Waals surface area (Å²) < 4.78 is 5.48. The first kappa shape index (κ1) is 14.6. The maximum atomic E-state index is 12.5. The van der Waals surface area contributed by atoms with Crippen molar-refractivity contribution in [1.82, 2.24) is 9.97 Å². The zero-order chi connectivity index (χ0) is 15.5. The van der Waals surface area contributed by atoms with Gasteiger partial charge >= 0.3 is 0 Å². The van der Waals surface area contributed by atoms with Crippen molar-refractivity contribution in [3.05, 3.63) is 53.7 Å². The predicted molar refractivity (Wildman–Crippen MR) is 88.2 cm³/mol. The Labute approximate surface area is 132 Å². The summed E-state index contributed by atoms with van der Waals surface area (Å²) in [5.74, 6) is 1.07. The van der Waals surface area contributed by atoms with Crippen molar-refractivity contribution >= 4 is 34.5 Å². The number of para-hydroxylation sites is 1. The van der Waals surface area contributed by atoms with Gasteiger partial charge in [-0.25, -0.2) is 4.98 Å². The lowest BCUT2D eigenvalue weighted by molar-refractivity contribution is 0.102. The fourth-order valence-corrected chi connectivity index (χ4v) is 2.80. The number of amides is 1. The highest BCUT2D eigenvalue weighted by molar-refractivity contribution is 7.97. The molecular weight excluding hydrogens is 298 g/mol. The zero-order valence-corrected chi connectivity index (χ0v) is 13.1. The second kappa shape index (κ2) is 6.19. The van der Waals surface area contributed by atoms with Crippen molar-refractivity contribution in [1.29, 1.82) is 0 Å². The van der Waals surface area contributed by atoms with E-state index in [1.54, 1.807) is 30.9 Å². The van der Waals surface area contributed by atoms with Gasteiger partial charge in [0.2, 0.25) is 0 Å². The van der Waals surface area contributed by atoms with E-state index in [-0.39, 0.29) is 5.91 Å². The molecule has 0 bridgehead atoms. The van der Waals surface area contributed by atoms with Gasteiger partial charge in [0.1, 0.15) is 11.2 Å². The van der Waals surface area contributed by atoms with Gasteiger partial charge in [-0.15, -0.1) is 0 Å². The topological polar surface area (TPSA) is 68.0 Å². The number of nitrogens with one attached hydrogen (secondary N) is 1. The third-order valence-electron chi connectivity index (χ3n) is 3.18. The lowest BCUT2D eigenvalue weighted by Crippen LogP contribution is -2.16. The van der Waals surface area contributed by atoms with Crippen LogP contribution in [0.15, 0.2) is 40.9 Å². The van der Waals surface area contributed by atoms with E-state index in [0.717, 1.165) is 11.3 Å². The minimum atomic E-state index is -0.238. The first-order valence-electron chi connectivity index (χ1n) is 6.79. The second-order valence-corrected chi connectivity index (χ2v) is 5.65. The Kier molecular flexibility index (Phi) is 4.11. The number of thioether (sulfide) groups is 1. The molecule has 112 valence electrons. The molecular formula is C16H15N3O2S. The summed E-state index contributed by atoms with van der Waals surface area (Å²) in [5.41, 5.74) is 3.28. The number of oxazole rings is 1. The number of carbonyl (C=O) groups excluding carboxylic acids is 1. The van der Waals surface area contributed by atoms with E-state index in [9.17, 15) is 4.79 Å². The normalized spacial score (nSPS) is 10.8. The fourth-order valence-electron chi connectivity index (χ4n) is 2.26. The van der Waals surface area contributed by atoms with Crippen LogP contribution in [0, 0.1) is 6.92 Å². The summed E-state index contributed by atoms with van der Waals surface area (Å²) in [6, 6.07) is 9.21. The highest BCUT2D eigenvalue weighted by atomic mass is 32.2. The molecule has 3 aromatic rings. The van der Waals surface area contributed by atoms with E-state index in [0.29, 0.717) is 28.4 Å². The summed E-state index contributed by atoms with van der Waals surface area (Å²) in [6.45, 7) is 1.78. The zero-order valence-electron chi connectivity index (χ0n) is 12.3. The maximum absolute atomic E-state index is 12.5. The molecule has 0 spiro atoms. The molecule has 0 saturated carbocycles. The van der Waals surface area contributed by atoms with Gasteiger partial charge in [0, 0.05) is 18.9 Å². The average molecular weight is 313 g/mol. The van der Waals surface area contributed by atoms with Crippen molar-refractivity contribution in [3.63, 3.8) is 0 Å². The number of carbonyl (C=O) groups is 1. The second-order valence-electron chi connectivity index (χ2n) is 4.78. The molecule has 0 saturated heterocycles. The number of nitrogens with zero attached hydrogens (tertiary/aromatic N) is 2. The van der Waals surface area contributed by atoms with Crippen LogP contribution in [-0.4, -0.2) is 22.1 Å². The fraction of sp³-hybridized carbons (Fsp3) is 0.188. The Hall–Kier alpha value is -2.34. The molecule has 0 radical (unpaired) electrons. The number of rotatable bonds is 4. The van der Waals surface area contributed by atoms with Gasteiger partial charge in [-0.3, -0.25) is 9.78 Å². The number of fused-ring (bicyclic) bond motifs is 1. The molecule has 2 heterocycles. The molecule has 0 atom stereocenters. The minimum absolute atomic E-state index is 0.238. The monoisotopic (exact) mass is 313 g/mol. The van der Waals surface area contributed by atoms with Crippen molar-refractivity contribution in [2.24, 2.45) is 0 Å². The van der Waals surface area contributed by atoms with Gasteiger partial charge in [-0.1, -0.05) is 12.1 Å². The molecule has 6 heteroatoms. The van der Waals surface area contributed by atoms with Crippen molar-refractivity contribution in [3.8, 4) is 0 Å². The molecule has 0 aliphatic carbocycles. The SMILES string of the molecule is CSCc1cccnc1C(=O)Nc1cccc2oc(C)nc12. The van der Waals surface area contributed by atoms with E-state index in [1.807, 2.05) is 30.5 Å². The standard InChI is InChI=1S/C16H15N3O2S/c1-10-18-15-12(6-3-7-13(15)21-10)19-16(20)14-11(9-22-2)5-4-8-17-14/h3-8H,9H2,1-2H3,(H,19,20). The van der Waals surface area contributed by atoms with Crippen LogP contribution in [0.3, 0.4) is 0 Å². The number of aryl methyl sites for hydroxylation is 1. The smallest absolute Gasteiger partial charge is 0.274 e. The Balaban J connectivity index is 1.93. The molecule has 22 heavy (non-hydrogen) atoms. The van der Waals surface area contributed by atoms with E-state index < -0.39 is 0 Å². The lowest BCUT2D eigenvalue weighted by atomic mass is 10.2. The Morgan fingerprint density at radius 2 is 2.18 bits per heavy atom. The van der Waals surface area contributed by atoms with Crippen molar-refractivity contribution in [2.45, 2.75) is 12.7 Å². The van der Waals surface area contributed by atoms with Crippen LogP contribution in [0.25, 0.3) is 11.1 Å². The van der Waals surface area contributed by atoms with E-state index >= 15 is 0 Å². The number of aromatic nitrogens is 2. The summed E-state index contributed by atoms with van der Waals surface area (Å²) in [5, 5.41) is 2.88. The molecule has 1 N–H and O–H groups in total. The first-order chi connectivity index (χ1) is 10.7. The van der Waals surface area contributed by atoms with Gasteiger partial charge in [-0.05, 0) is 30.0 Å². The summed E-state index contributed by atoms with van der Waals surface area (Å²) in [6.07, 6.45) is 3.62. The van der Waals surface area contributed by atoms with Crippen LogP contribution in [-0.2, 0) is 5.75 Å². The molecule has 0 aliphatic rings. The molecule has 0 unspecified atom stereocenters. The molecule has 2 aromatic heterocycles. The quantitative estimate of drug-likeness (QED) is 0.796. The minimum Gasteiger partial charge on any atom is -0.441 e. The van der Waals surface area contributed by atoms with Crippen LogP contribution in [0.5, 0.6) is 0 Å². The first-order valence-corrected chi connectivity index (χ1v) is 8.19. The summed E-state index contributed by atoms with van der Waals surface area (Å²) >= 11 is 1.65. The van der Waals surface area contributed by atoms with E-state index in [2.05, 4.69) is 15.3 Å². The molecule has 1 aromatic carbocycles. The van der Waals surface area contributed by atoms with Crippen LogP contribution in [0.2, 0.25) is 0 Å². The number of hydrogen-bond donors (Lipinski definition) is 1. The number of benzene rings is 1. The highest BCUT2D eigenvalue weighted by Crippen LogP contribution is 2.24. The van der Waals surface area contributed by atoms with Gasteiger partial charge in [-0.2, -0.15) is 11.8 Å². The van der Waals surface area contributed by atoms with Crippen LogP contribution in [0.4, 0.5) is 5.69 Å². The van der Waals surface area contributed by atoms with Crippen LogP contribution < -0.4 is 5.32 Å². The van der Waals surface area contributed by atoms with Crippen molar-refractivity contribution in [2.75, 3.05) is 11.6 Å². The van der Waals surface area contributed by atoms with Crippen LogP contribution in [0.1, 0.15) is 21.9 Å². The number of anilines is 1. The lowest BCUT2D eigenvalue weighted by Gasteiger charge is -2.08. The Bertz CT molecular complexity index is 829. The van der Waals surface area contributed by atoms with Crippen LogP contribution >= 0.6 is 11.8 Å². The van der Waals surface area contributed by atoms with E-state index in [4.69, 9.17) is 4.42 Å². The molecule has 5 nitrogen and oxygen atoms in total. The summed E-state index contributed by atoms with van der Waals surface area (Å²) in [4.78, 5) is 21.0. The third kappa shape index (κ3) is 2.82. The summed E-state index contributed by atoms with van der Waals surface area (Å²) in [7, 11) is 0. The van der Waals surface area contributed by atoms with Gasteiger partial charge < -0.3 is 9.73 Å². The molecule has 3 rings (SSSR count). The third-order valence-corrected chi connectivity index (χ3v) is 3.78. The van der Waals surface area contributed by atoms with E-state index in [1.165, 1.54) is 0 Å². The molecule has 0 aliphatic heterocycles. The largest absolute Gasteiger partial charge is 0.441 e. The average Bonchev–Trinajstić information content (AvgIpc) is 2.89. The Morgan fingerprint density at radius 3 is 3.00 bits per heavy atom. The van der Waals surface area contributed by atoms with Gasteiger partial charge in [0.05, 0.1) is 5.69 Å². The Morgan fingerprint density at radius 1 is 1.32 bits per heavy atom. The predicted octanol–water partition coefficient (Wildman–Crippen LogP) is 3.65. The number of pyridine rings is 1. The molecule has 0 fully saturated rings. The van der Waals surface area contributed by atoms with Crippen molar-refractivity contribution < 1.29 is 9.21 Å². The van der Waals surface area contributed by atoms with Gasteiger partial charge in [0.15, 0.2) is 11.5 Å². The maximum Gasteiger partial charge on any atom is 0.274 e. The highest BCUT2D eigenvalue weighted by Gasteiger charge is 2.15. The number of hydrogen-bond acceptors (Lipinski definition) is 5.